The van der Waals surface area contributed by atoms with E-state index in [4.69, 9.17) is 33.1 Å². The number of Topliss-reactive ketones (excluding diaryl/α,β-unsaturated/α-hetero) is 1. The SMILES string of the molecule is C=C(OC(C)OC(=O)CC(C=O)C=O)N1CCN(c2cc(O)c3nc4c5c6c7c(C)c(O)c5c(=O)c(c-4oc3c2)NC(=O)/C(C)=C\C=C\[C@H](C)[C@H](O)[C@@H](C)[C@@H](O)[C@@H](C)[C@H](OC(C)=O)[C@H](C)[C@@H](C)/C=C/O[C@@](C)(O7)C6=O)CC1. The molecule has 1 unspecified atom stereocenters. The summed E-state index contributed by atoms with van der Waals surface area (Å²) in [5.74, 6) is -10.1. The fourth-order valence-corrected chi connectivity index (χ4v) is 9.98. The predicted molar refractivity (Wildman–Crippen MR) is 281 cm³/mol. The van der Waals surface area contributed by atoms with Crippen molar-refractivity contribution in [2.24, 2.45) is 35.5 Å². The summed E-state index contributed by atoms with van der Waals surface area (Å²) in [4.78, 5) is 99.1. The topological polar surface area (TPSA) is 291 Å². The quantitative estimate of drug-likeness (QED) is 0.0225. The largest absolute Gasteiger partial charge is 0.507 e. The summed E-state index contributed by atoms with van der Waals surface area (Å²) in [6.07, 6.45) is 3.70. The molecule has 6 aliphatic rings. The van der Waals surface area contributed by atoms with Crippen LogP contribution in [0.5, 0.6) is 17.2 Å². The first-order valence-corrected chi connectivity index (χ1v) is 25.4. The number of aromatic hydroxyl groups is 2. The molecule has 5 aliphatic heterocycles. The second kappa shape index (κ2) is 22.8. The Morgan fingerprint density at radius 3 is 2.26 bits per heavy atom. The molecule has 21 heteroatoms. The van der Waals surface area contributed by atoms with Crippen LogP contribution in [-0.2, 0) is 42.9 Å². The van der Waals surface area contributed by atoms with E-state index in [2.05, 4.69) is 11.9 Å². The molecular weight excluding hydrogens is 1000 g/mol. The Bertz CT molecular complexity index is 3130. The molecule has 0 radical (unpaired) electrons. The summed E-state index contributed by atoms with van der Waals surface area (Å²) < 4.78 is 35.5. The van der Waals surface area contributed by atoms with Gasteiger partial charge in [-0.1, -0.05) is 52.8 Å². The highest BCUT2D eigenvalue weighted by Gasteiger charge is 2.50. The van der Waals surface area contributed by atoms with Gasteiger partial charge in [0.15, 0.2) is 17.2 Å². The van der Waals surface area contributed by atoms with Gasteiger partial charge in [0.1, 0.15) is 52.8 Å². The van der Waals surface area contributed by atoms with Crippen molar-refractivity contribution in [3.63, 3.8) is 0 Å². The lowest BCUT2D eigenvalue weighted by molar-refractivity contribution is -0.173. The molecule has 1 saturated heterocycles. The predicted octanol–water partition coefficient (Wildman–Crippen LogP) is 6.18. The highest BCUT2D eigenvalue weighted by Crippen LogP contribution is 2.51. The van der Waals surface area contributed by atoms with Gasteiger partial charge in [-0.15, -0.1) is 0 Å². The lowest BCUT2D eigenvalue weighted by atomic mass is 9.77. The molecule has 0 aromatic heterocycles. The number of esters is 2. The van der Waals surface area contributed by atoms with E-state index in [1.165, 1.54) is 53.0 Å². The van der Waals surface area contributed by atoms with Gasteiger partial charge in [-0.3, -0.25) is 24.0 Å². The number of allylic oxidation sites excluding steroid dienone is 3. The van der Waals surface area contributed by atoms with Gasteiger partial charge < -0.3 is 73.2 Å². The molecule has 1 fully saturated rings. The van der Waals surface area contributed by atoms with Crippen LogP contribution in [0.25, 0.3) is 33.3 Å². The van der Waals surface area contributed by atoms with Crippen LogP contribution in [0.1, 0.15) is 84.7 Å². The number of hydrogen-bond acceptors (Lipinski definition) is 20. The number of ketones is 1. The zero-order chi connectivity index (χ0) is 56.5. The number of piperazine rings is 1. The third kappa shape index (κ3) is 11.4. The van der Waals surface area contributed by atoms with Crippen LogP contribution >= 0.6 is 0 Å². The Morgan fingerprint density at radius 2 is 1.61 bits per heavy atom. The minimum Gasteiger partial charge on any atom is -0.507 e. The minimum absolute atomic E-state index is 0.000158. The number of rotatable bonds is 10. The average molecular weight is 1070 g/mol. The number of aldehydes is 2. The monoisotopic (exact) mass is 1070 g/mol. The van der Waals surface area contributed by atoms with Gasteiger partial charge in [-0.2, -0.15) is 0 Å². The molecule has 412 valence electrons. The van der Waals surface area contributed by atoms with E-state index in [9.17, 15) is 54.0 Å². The summed E-state index contributed by atoms with van der Waals surface area (Å²) in [7, 11) is 0. The molecule has 2 aromatic carbocycles. The van der Waals surface area contributed by atoms with Crippen molar-refractivity contribution in [3.05, 3.63) is 82.1 Å². The minimum atomic E-state index is -2.09. The number of aliphatic hydroxyl groups excluding tert-OH is 2. The van der Waals surface area contributed by atoms with E-state index in [0.29, 0.717) is 44.4 Å². The van der Waals surface area contributed by atoms with Crippen LogP contribution in [0.15, 0.2) is 69.9 Å². The number of phenolic OH excluding ortho intramolecular Hbond substituents is 2. The van der Waals surface area contributed by atoms with Gasteiger partial charge in [0.2, 0.25) is 11.7 Å². The number of nitrogens with one attached hydrogen (secondary N) is 1. The lowest BCUT2D eigenvalue weighted by Crippen LogP contribution is -2.46. The van der Waals surface area contributed by atoms with Crippen LogP contribution in [0.2, 0.25) is 0 Å². The number of nitrogens with zero attached hydrogens (tertiary/aromatic N) is 3. The van der Waals surface area contributed by atoms with Crippen molar-refractivity contribution in [1.82, 2.24) is 9.88 Å². The number of carbonyl (C=O) groups excluding carboxylic acids is 6. The molecule has 0 spiro atoms. The van der Waals surface area contributed by atoms with Crippen LogP contribution in [-0.4, -0.2) is 123 Å². The summed E-state index contributed by atoms with van der Waals surface area (Å²) in [5, 5.41) is 48.7. The molecule has 21 nitrogen and oxygen atoms in total. The first kappa shape index (κ1) is 56.9. The lowest BCUT2D eigenvalue weighted by Gasteiger charge is -2.38. The maximum atomic E-state index is 15.0. The smallest absolute Gasteiger partial charge is 0.312 e. The number of fused-ring (bicyclic) bond motifs is 14. The molecule has 8 rings (SSSR count). The Labute approximate surface area is 444 Å². The van der Waals surface area contributed by atoms with E-state index >= 15 is 0 Å². The molecule has 0 saturated carbocycles. The number of phenols is 2. The number of anilines is 2. The van der Waals surface area contributed by atoms with E-state index in [1.807, 2.05) is 18.7 Å². The van der Waals surface area contributed by atoms with Crippen LogP contribution in [0.4, 0.5) is 11.4 Å². The summed E-state index contributed by atoms with van der Waals surface area (Å²) in [6.45, 7) is 21.2. The number of aliphatic hydroxyl groups is 2. The van der Waals surface area contributed by atoms with Gasteiger partial charge in [0.25, 0.3) is 11.7 Å². The van der Waals surface area contributed by atoms with E-state index < -0.39 is 118 Å². The number of carbonyl (C=O) groups is 6. The van der Waals surface area contributed by atoms with E-state index in [0.717, 1.165) is 0 Å². The van der Waals surface area contributed by atoms with Crippen molar-refractivity contribution in [2.45, 2.75) is 106 Å². The fraction of sp³-hybridized carbons (Fsp3) is 0.464. The molecule has 5 bridgehead atoms. The first-order valence-electron chi connectivity index (χ1n) is 25.4. The Balaban J connectivity index is 1.31. The van der Waals surface area contributed by atoms with Gasteiger partial charge in [-0.25, -0.2) is 4.98 Å². The maximum absolute atomic E-state index is 15.0. The van der Waals surface area contributed by atoms with Gasteiger partial charge in [-0.05, 0) is 38.3 Å². The van der Waals surface area contributed by atoms with Crippen LogP contribution < -0.4 is 20.4 Å². The molecule has 2 aromatic rings. The Kier molecular flexibility index (Phi) is 16.9. The second-order valence-electron chi connectivity index (χ2n) is 20.4. The van der Waals surface area contributed by atoms with Gasteiger partial charge in [0.05, 0.1) is 41.8 Å². The normalized spacial score (nSPS) is 27.3. The number of aromatic nitrogens is 1. The van der Waals surface area contributed by atoms with Gasteiger partial charge >= 0.3 is 17.7 Å². The molecule has 1 aliphatic carbocycles. The molecule has 5 heterocycles. The standard InChI is InChI=1S/C56H66N4O17/c1-26-15-20-72-56(11)54(70)43-41-42(49(68)32(7)52(43)77-56)50(69)46(58-55(71)28(3)14-12-13-27(2)47(66)30(5)48(67)31(6)51(29(26)4)74-34(9)63)53-45(41)57-44-38(64)22-37(23-39(44)76-53)60-18-16-59(17-19-60)33(8)73-35(10)75-40(65)21-36(24-61)25-62/h12-15,20,22-27,29-31,35-36,47-48,51,64,66-68H,8,16-19,21H2,1-7,9-11H3,(H,58,71)/b13-12+,20-15+,28-14-/t26-,27-,29+,30+,31+,35?,47-,48+,51+,56-/m0/s1. The molecule has 77 heavy (non-hydrogen) atoms. The Morgan fingerprint density at radius 1 is 0.935 bits per heavy atom. The van der Waals surface area contributed by atoms with Crippen molar-refractivity contribution in [3.8, 4) is 28.7 Å². The number of hydrogen-bond donors (Lipinski definition) is 5. The highest BCUT2D eigenvalue weighted by molar-refractivity contribution is 6.22. The summed E-state index contributed by atoms with van der Waals surface area (Å²) in [5.41, 5.74) is -1.34. The average Bonchev–Trinajstić information content (AvgIpc) is 3.66. The van der Waals surface area contributed by atoms with E-state index in [-0.39, 0.29) is 62.0 Å². The fourth-order valence-electron chi connectivity index (χ4n) is 9.98. The van der Waals surface area contributed by atoms with Crippen molar-refractivity contribution >= 4 is 69.4 Å². The third-order valence-corrected chi connectivity index (χ3v) is 14.9. The van der Waals surface area contributed by atoms with Crippen molar-refractivity contribution < 1.29 is 77.3 Å². The molecular formula is C56H66N4O17. The zero-order valence-electron chi connectivity index (χ0n) is 44.7. The first-order chi connectivity index (χ1) is 36.3. The second-order valence-corrected chi connectivity index (χ2v) is 20.4. The Hall–Kier alpha value is -7.78. The van der Waals surface area contributed by atoms with Gasteiger partial charge in [0, 0.05) is 99.0 Å². The third-order valence-electron chi connectivity index (χ3n) is 14.9. The number of amides is 1. The van der Waals surface area contributed by atoms with Crippen LogP contribution in [0, 0.1) is 42.4 Å². The van der Waals surface area contributed by atoms with E-state index in [1.54, 1.807) is 50.0 Å². The zero-order valence-corrected chi connectivity index (χ0v) is 44.7. The van der Waals surface area contributed by atoms with Crippen LogP contribution in [0.3, 0.4) is 0 Å². The molecule has 5 N–H and O–H groups in total. The van der Waals surface area contributed by atoms with Crippen molar-refractivity contribution in [1.29, 1.82) is 0 Å². The summed E-state index contributed by atoms with van der Waals surface area (Å²) >= 11 is 0. The number of benzene rings is 3. The molecule has 10 atom stereocenters. The number of ether oxygens (including phenoxy) is 5. The maximum Gasteiger partial charge on any atom is 0.312 e. The highest BCUT2D eigenvalue weighted by atomic mass is 16.7. The van der Waals surface area contributed by atoms with Crippen molar-refractivity contribution in [2.75, 3.05) is 36.4 Å². The molecule has 1 amide bonds. The summed E-state index contributed by atoms with van der Waals surface area (Å²) in [6, 6.07) is 3.04.